The molecule has 1 aromatic heterocycles. The zero-order valence-corrected chi connectivity index (χ0v) is 12.8. The van der Waals surface area contributed by atoms with Crippen LogP contribution in [-0.2, 0) is 6.54 Å². The van der Waals surface area contributed by atoms with Crippen LogP contribution in [0.25, 0.3) is 0 Å². The molecule has 3 fully saturated rings. The highest BCUT2D eigenvalue weighted by Crippen LogP contribution is 2.43. The minimum absolute atomic E-state index is 0.328. The van der Waals surface area contributed by atoms with Crippen molar-refractivity contribution >= 4 is 0 Å². The Balaban J connectivity index is 1.38. The van der Waals surface area contributed by atoms with Gasteiger partial charge < -0.3 is 9.63 Å². The van der Waals surface area contributed by atoms with E-state index in [2.05, 4.69) is 15.0 Å². The number of aromatic nitrogens is 1. The first kappa shape index (κ1) is 13.7. The van der Waals surface area contributed by atoms with Gasteiger partial charge in [-0.2, -0.15) is 0 Å². The van der Waals surface area contributed by atoms with Crippen LogP contribution in [0.1, 0.15) is 30.7 Å². The molecule has 3 aliphatic rings. The maximum atomic E-state index is 9.53. The van der Waals surface area contributed by atoms with E-state index in [-0.39, 0.29) is 0 Å². The molecule has 3 heterocycles. The summed E-state index contributed by atoms with van der Waals surface area (Å²) >= 11 is 0. The number of aryl methyl sites for hydroxylation is 1. The molecule has 1 aromatic rings. The Labute approximate surface area is 125 Å². The molecular weight excluding hydrogens is 266 g/mol. The molecule has 116 valence electrons. The van der Waals surface area contributed by atoms with Crippen LogP contribution in [0.2, 0.25) is 0 Å². The minimum Gasteiger partial charge on any atom is -0.396 e. The van der Waals surface area contributed by atoms with Crippen LogP contribution in [0.4, 0.5) is 0 Å². The molecule has 0 amide bonds. The third-order valence-corrected chi connectivity index (χ3v) is 5.35. The summed E-state index contributed by atoms with van der Waals surface area (Å²) in [4.78, 5) is 5.13. The first-order valence-electron chi connectivity index (χ1n) is 8.17. The summed E-state index contributed by atoms with van der Waals surface area (Å²) in [6.07, 6.45) is 3.96. The second-order valence-corrected chi connectivity index (χ2v) is 7.40. The molecule has 0 aromatic carbocycles. The molecule has 1 aliphatic carbocycles. The summed E-state index contributed by atoms with van der Waals surface area (Å²) in [5, 5.41) is 13.6. The van der Waals surface area contributed by atoms with Gasteiger partial charge in [0, 0.05) is 50.9 Å². The number of nitrogens with zero attached hydrogens (tertiary/aromatic N) is 3. The van der Waals surface area contributed by atoms with Crippen molar-refractivity contribution in [1.82, 2.24) is 15.0 Å². The maximum absolute atomic E-state index is 9.53. The second kappa shape index (κ2) is 5.07. The average molecular weight is 291 g/mol. The van der Waals surface area contributed by atoms with Crippen LogP contribution in [0, 0.1) is 18.8 Å². The lowest BCUT2D eigenvalue weighted by Gasteiger charge is -2.53. The largest absolute Gasteiger partial charge is 0.396 e. The fourth-order valence-electron chi connectivity index (χ4n) is 4.19. The summed E-state index contributed by atoms with van der Waals surface area (Å²) in [5.41, 5.74) is 1.36. The van der Waals surface area contributed by atoms with E-state index < -0.39 is 0 Å². The lowest BCUT2D eigenvalue weighted by molar-refractivity contribution is -0.0373. The number of aliphatic hydroxyl groups excluding tert-OH is 1. The molecule has 5 heteroatoms. The Kier molecular flexibility index (Phi) is 3.32. The van der Waals surface area contributed by atoms with E-state index in [9.17, 15) is 5.11 Å². The zero-order chi connectivity index (χ0) is 14.4. The van der Waals surface area contributed by atoms with Gasteiger partial charge in [-0.15, -0.1) is 0 Å². The van der Waals surface area contributed by atoms with Gasteiger partial charge in [0.05, 0.1) is 5.69 Å². The maximum Gasteiger partial charge on any atom is 0.133 e. The minimum atomic E-state index is 0.328. The van der Waals surface area contributed by atoms with E-state index in [4.69, 9.17) is 4.52 Å². The molecule has 1 atom stereocenters. The van der Waals surface area contributed by atoms with E-state index in [1.54, 1.807) is 0 Å². The Morgan fingerprint density at radius 2 is 2.19 bits per heavy atom. The predicted molar refractivity (Wildman–Crippen MR) is 78.7 cm³/mol. The number of aliphatic hydroxyl groups is 1. The molecule has 2 saturated heterocycles. The summed E-state index contributed by atoms with van der Waals surface area (Å²) in [5.74, 6) is 2.28. The van der Waals surface area contributed by atoms with Gasteiger partial charge in [0.15, 0.2) is 0 Å². The number of hydrogen-bond donors (Lipinski definition) is 1. The van der Waals surface area contributed by atoms with Crippen molar-refractivity contribution in [2.45, 2.75) is 38.3 Å². The monoisotopic (exact) mass is 291 g/mol. The van der Waals surface area contributed by atoms with Crippen LogP contribution < -0.4 is 0 Å². The van der Waals surface area contributed by atoms with Gasteiger partial charge in [-0.1, -0.05) is 5.16 Å². The van der Waals surface area contributed by atoms with Gasteiger partial charge >= 0.3 is 0 Å². The highest BCUT2D eigenvalue weighted by atomic mass is 16.5. The lowest BCUT2D eigenvalue weighted by Crippen LogP contribution is -2.67. The van der Waals surface area contributed by atoms with Crippen molar-refractivity contribution in [2.24, 2.45) is 11.8 Å². The molecule has 1 saturated carbocycles. The first-order chi connectivity index (χ1) is 10.2. The van der Waals surface area contributed by atoms with E-state index in [0.29, 0.717) is 18.1 Å². The summed E-state index contributed by atoms with van der Waals surface area (Å²) < 4.78 is 5.15. The van der Waals surface area contributed by atoms with Gasteiger partial charge in [-0.3, -0.25) is 9.80 Å². The molecule has 0 bridgehead atoms. The predicted octanol–water partition coefficient (Wildman–Crippen LogP) is 1.26. The van der Waals surface area contributed by atoms with Crippen LogP contribution >= 0.6 is 0 Å². The van der Waals surface area contributed by atoms with Crippen LogP contribution in [0.3, 0.4) is 0 Å². The fourth-order valence-corrected chi connectivity index (χ4v) is 4.19. The van der Waals surface area contributed by atoms with Crippen molar-refractivity contribution < 1.29 is 9.63 Å². The van der Waals surface area contributed by atoms with Gasteiger partial charge in [-0.25, -0.2) is 0 Å². The van der Waals surface area contributed by atoms with Crippen LogP contribution in [0.15, 0.2) is 10.6 Å². The summed E-state index contributed by atoms with van der Waals surface area (Å²) in [7, 11) is 0. The highest BCUT2D eigenvalue weighted by molar-refractivity contribution is 5.12. The second-order valence-electron chi connectivity index (χ2n) is 7.40. The normalized spacial score (nSPS) is 29.1. The molecular formula is C16H25N3O2. The molecule has 1 N–H and O–H groups in total. The van der Waals surface area contributed by atoms with Crippen molar-refractivity contribution in [3.05, 3.63) is 17.5 Å². The van der Waals surface area contributed by atoms with Crippen LogP contribution in [0.5, 0.6) is 0 Å². The van der Waals surface area contributed by atoms with Gasteiger partial charge in [0.2, 0.25) is 0 Å². The summed E-state index contributed by atoms with van der Waals surface area (Å²) in [6, 6.07) is 2.03. The molecule has 21 heavy (non-hydrogen) atoms. The van der Waals surface area contributed by atoms with Crippen molar-refractivity contribution in [1.29, 1.82) is 0 Å². The summed E-state index contributed by atoms with van der Waals surface area (Å²) in [6.45, 7) is 7.72. The highest BCUT2D eigenvalue weighted by Gasteiger charge is 2.53. The first-order valence-corrected chi connectivity index (χ1v) is 8.17. The average Bonchev–Trinajstić information content (AvgIpc) is 3.03. The van der Waals surface area contributed by atoms with E-state index in [1.165, 1.54) is 19.4 Å². The smallest absolute Gasteiger partial charge is 0.133 e. The fraction of sp³-hybridized carbons (Fsp3) is 0.812. The zero-order valence-electron chi connectivity index (χ0n) is 12.8. The standard InChI is InChI=1S/C16H25N3O2/c1-12-4-15(17-21-12)8-18-10-16(11-18)5-14(9-20)7-19(16)6-13-2-3-13/h4,13-14,20H,2-3,5-11H2,1H3/t14-/m0/s1. The quantitative estimate of drug-likeness (QED) is 0.885. The molecule has 0 radical (unpaired) electrons. The molecule has 2 aliphatic heterocycles. The molecule has 5 nitrogen and oxygen atoms in total. The molecule has 1 spiro atoms. The van der Waals surface area contributed by atoms with Gasteiger partial charge in [-0.05, 0) is 38.0 Å². The molecule has 4 rings (SSSR count). The molecule has 0 unspecified atom stereocenters. The van der Waals surface area contributed by atoms with E-state index >= 15 is 0 Å². The van der Waals surface area contributed by atoms with Gasteiger partial charge in [0.1, 0.15) is 5.76 Å². The lowest BCUT2D eigenvalue weighted by atomic mass is 9.84. The number of likely N-dealkylation sites (tertiary alicyclic amines) is 2. The Hall–Kier alpha value is -0.910. The van der Waals surface area contributed by atoms with E-state index in [1.807, 2.05) is 13.0 Å². The SMILES string of the molecule is Cc1cc(CN2CC3(C[C@H](CO)CN3CC3CC3)C2)no1. The number of rotatable bonds is 5. The topological polar surface area (TPSA) is 52.7 Å². The Morgan fingerprint density at radius 1 is 1.38 bits per heavy atom. The number of hydrogen-bond acceptors (Lipinski definition) is 5. The van der Waals surface area contributed by atoms with E-state index in [0.717, 1.165) is 50.0 Å². The third-order valence-electron chi connectivity index (χ3n) is 5.35. The Morgan fingerprint density at radius 3 is 2.81 bits per heavy atom. The third kappa shape index (κ3) is 2.62. The van der Waals surface area contributed by atoms with Crippen molar-refractivity contribution in [3.63, 3.8) is 0 Å². The Bertz CT molecular complexity index is 505. The van der Waals surface area contributed by atoms with Crippen molar-refractivity contribution in [3.8, 4) is 0 Å². The van der Waals surface area contributed by atoms with Crippen LogP contribution in [-0.4, -0.2) is 58.4 Å². The van der Waals surface area contributed by atoms with Gasteiger partial charge in [0.25, 0.3) is 0 Å². The van der Waals surface area contributed by atoms with Crippen molar-refractivity contribution in [2.75, 3.05) is 32.8 Å².